The van der Waals surface area contributed by atoms with E-state index in [1.807, 2.05) is 6.92 Å². The first-order chi connectivity index (χ1) is 7.33. The molecular weight excluding hydrogens is 204 g/mol. The second-order valence-corrected chi connectivity index (χ2v) is 4.87. The Kier molecular flexibility index (Phi) is 6.60. The van der Waals surface area contributed by atoms with Gasteiger partial charge in [0.1, 0.15) is 0 Å². The highest BCUT2D eigenvalue weighted by atomic mass is 16.5. The standard InChI is InChI=1S/C12H26N2O2/c1-9(2)10(3)16-8-6-7-12(4,14-5)11(13)15/h9-10,14H,6-8H2,1-5H3,(H2,13,15). The van der Waals surface area contributed by atoms with E-state index in [9.17, 15) is 4.79 Å². The summed E-state index contributed by atoms with van der Waals surface area (Å²) in [5.41, 5.74) is 4.71. The topological polar surface area (TPSA) is 64.3 Å². The Morgan fingerprint density at radius 1 is 1.44 bits per heavy atom. The van der Waals surface area contributed by atoms with Crippen LogP contribution in [0.1, 0.15) is 40.5 Å². The summed E-state index contributed by atoms with van der Waals surface area (Å²) in [7, 11) is 1.75. The van der Waals surface area contributed by atoms with Crippen LogP contribution in [0.3, 0.4) is 0 Å². The average molecular weight is 230 g/mol. The minimum atomic E-state index is -0.621. The zero-order chi connectivity index (χ0) is 12.8. The Morgan fingerprint density at radius 2 is 2.00 bits per heavy atom. The van der Waals surface area contributed by atoms with Crippen LogP contribution in [0.5, 0.6) is 0 Å². The molecule has 4 nitrogen and oxygen atoms in total. The summed E-state index contributed by atoms with van der Waals surface area (Å²) in [6.07, 6.45) is 1.79. The maximum absolute atomic E-state index is 11.2. The van der Waals surface area contributed by atoms with Crippen LogP contribution in [0.15, 0.2) is 0 Å². The second-order valence-electron chi connectivity index (χ2n) is 4.87. The number of amides is 1. The number of ether oxygens (including phenoxy) is 1. The summed E-state index contributed by atoms with van der Waals surface area (Å²) in [6, 6.07) is 0. The predicted octanol–water partition coefficient (Wildman–Crippen LogP) is 1.29. The molecule has 2 atom stereocenters. The number of hydrogen-bond donors (Lipinski definition) is 2. The SMILES string of the molecule is CNC(C)(CCCOC(C)C(C)C)C(N)=O. The van der Waals surface area contributed by atoms with Crippen molar-refractivity contribution in [1.82, 2.24) is 5.32 Å². The molecule has 0 fully saturated rings. The van der Waals surface area contributed by atoms with E-state index in [1.165, 1.54) is 0 Å². The van der Waals surface area contributed by atoms with Crippen LogP contribution in [0, 0.1) is 5.92 Å². The first-order valence-corrected chi connectivity index (χ1v) is 5.94. The van der Waals surface area contributed by atoms with Crippen LogP contribution in [-0.4, -0.2) is 31.2 Å². The molecule has 0 saturated carbocycles. The van der Waals surface area contributed by atoms with Gasteiger partial charge in [-0.15, -0.1) is 0 Å². The molecule has 0 aliphatic rings. The van der Waals surface area contributed by atoms with E-state index in [1.54, 1.807) is 7.05 Å². The number of nitrogens with one attached hydrogen (secondary N) is 1. The van der Waals surface area contributed by atoms with Crippen molar-refractivity contribution in [2.24, 2.45) is 11.7 Å². The third-order valence-corrected chi connectivity index (χ3v) is 3.24. The van der Waals surface area contributed by atoms with E-state index in [0.717, 1.165) is 6.42 Å². The van der Waals surface area contributed by atoms with E-state index in [0.29, 0.717) is 18.9 Å². The number of nitrogens with two attached hydrogens (primary N) is 1. The van der Waals surface area contributed by atoms with Gasteiger partial charge in [-0.05, 0) is 39.7 Å². The molecule has 2 unspecified atom stereocenters. The van der Waals surface area contributed by atoms with Crippen LogP contribution in [0.2, 0.25) is 0 Å². The van der Waals surface area contributed by atoms with Gasteiger partial charge in [0.05, 0.1) is 11.6 Å². The molecule has 1 amide bonds. The number of hydrogen-bond acceptors (Lipinski definition) is 3. The molecule has 0 saturated heterocycles. The van der Waals surface area contributed by atoms with E-state index < -0.39 is 5.54 Å². The fourth-order valence-electron chi connectivity index (χ4n) is 1.26. The molecule has 0 aromatic heterocycles. The van der Waals surface area contributed by atoms with Crippen LogP contribution < -0.4 is 11.1 Å². The van der Waals surface area contributed by atoms with E-state index >= 15 is 0 Å². The molecule has 0 spiro atoms. The van der Waals surface area contributed by atoms with Crippen molar-refractivity contribution in [3.63, 3.8) is 0 Å². The van der Waals surface area contributed by atoms with Gasteiger partial charge in [0.15, 0.2) is 0 Å². The van der Waals surface area contributed by atoms with Crippen molar-refractivity contribution < 1.29 is 9.53 Å². The van der Waals surface area contributed by atoms with Crippen LogP contribution >= 0.6 is 0 Å². The number of carbonyl (C=O) groups excluding carboxylic acids is 1. The van der Waals surface area contributed by atoms with Crippen LogP contribution in [0.25, 0.3) is 0 Å². The highest BCUT2D eigenvalue weighted by Crippen LogP contribution is 2.12. The van der Waals surface area contributed by atoms with Crippen LogP contribution in [0.4, 0.5) is 0 Å². The van der Waals surface area contributed by atoms with Gasteiger partial charge in [0, 0.05) is 6.61 Å². The number of primary amides is 1. The van der Waals surface area contributed by atoms with Crippen molar-refractivity contribution in [3.8, 4) is 0 Å². The Balaban J connectivity index is 3.85. The first kappa shape index (κ1) is 15.4. The molecule has 0 bridgehead atoms. The van der Waals surface area contributed by atoms with E-state index in [2.05, 4.69) is 26.1 Å². The first-order valence-electron chi connectivity index (χ1n) is 5.94. The molecule has 0 rings (SSSR count). The third kappa shape index (κ3) is 4.94. The van der Waals surface area contributed by atoms with Gasteiger partial charge < -0.3 is 15.8 Å². The number of rotatable bonds is 8. The summed E-state index contributed by atoms with van der Waals surface area (Å²) in [5.74, 6) is 0.207. The highest BCUT2D eigenvalue weighted by molar-refractivity contribution is 5.84. The maximum Gasteiger partial charge on any atom is 0.237 e. The molecular formula is C12H26N2O2. The average Bonchev–Trinajstić information content (AvgIpc) is 2.23. The lowest BCUT2D eigenvalue weighted by molar-refractivity contribution is -0.124. The Bertz CT molecular complexity index is 219. The van der Waals surface area contributed by atoms with Crippen molar-refractivity contribution in [1.29, 1.82) is 0 Å². The Morgan fingerprint density at radius 3 is 2.38 bits per heavy atom. The Labute approximate surface area is 98.9 Å². The van der Waals surface area contributed by atoms with Gasteiger partial charge in [-0.25, -0.2) is 0 Å². The van der Waals surface area contributed by atoms with Gasteiger partial charge in [-0.1, -0.05) is 13.8 Å². The molecule has 3 N–H and O–H groups in total. The minimum Gasteiger partial charge on any atom is -0.378 e. The summed E-state index contributed by atoms with van der Waals surface area (Å²) < 4.78 is 5.64. The highest BCUT2D eigenvalue weighted by Gasteiger charge is 2.28. The zero-order valence-electron chi connectivity index (χ0n) is 11.2. The van der Waals surface area contributed by atoms with Crippen molar-refractivity contribution >= 4 is 5.91 Å². The molecule has 0 aromatic carbocycles. The summed E-state index contributed by atoms with van der Waals surface area (Å²) >= 11 is 0. The van der Waals surface area contributed by atoms with Gasteiger partial charge in [0.25, 0.3) is 0 Å². The molecule has 16 heavy (non-hydrogen) atoms. The normalized spacial score (nSPS) is 17.1. The summed E-state index contributed by atoms with van der Waals surface area (Å²) in [5, 5.41) is 2.96. The van der Waals surface area contributed by atoms with Gasteiger partial charge >= 0.3 is 0 Å². The summed E-state index contributed by atoms with van der Waals surface area (Å²) in [6.45, 7) is 8.82. The molecule has 0 radical (unpaired) electrons. The van der Waals surface area contributed by atoms with Crippen LogP contribution in [-0.2, 0) is 9.53 Å². The fourth-order valence-corrected chi connectivity index (χ4v) is 1.26. The smallest absolute Gasteiger partial charge is 0.237 e. The zero-order valence-corrected chi connectivity index (χ0v) is 11.2. The lowest BCUT2D eigenvalue weighted by atomic mass is 9.95. The van der Waals surface area contributed by atoms with Crippen molar-refractivity contribution in [3.05, 3.63) is 0 Å². The Hall–Kier alpha value is -0.610. The van der Waals surface area contributed by atoms with E-state index in [4.69, 9.17) is 10.5 Å². The van der Waals surface area contributed by atoms with Gasteiger partial charge in [-0.3, -0.25) is 4.79 Å². The minimum absolute atomic E-state index is 0.259. The van der Waals surface area contributed by atoms with Gasteiger partial charge in [0.2, 0.25) is 5.91 Å². The molecule has 0 aromatic rings. The molecule has 0 aliphatic carbocycles. The lowest BCUT2D eigenvalue weighted by Crippen LogP contribution is -2.51. The fraction of sp³-hybridized carbons (Fsp3) is 0.917. The largest absolute Gasteiger partial charge is 0.378 e. The quantitative estimate of drug-likeness (QED) is 0.618. The number of carbonyl (C=O) groups is 1. The second kappa shape index (κ2) is 6.86. The van der Waals surface area contributed by atoms with Crippen molar-refractivity contribution in [2.45, 2.75) is 52.2 Å². The lowest BCUT2D eigenvalue weighted by Gasteiger charge is -2.25. The predicted molar refractivity (Wildman–Crippen MR) is 66.1 cm³/mol. The van der Waals surface area contributed by atoms with Crippen molar-refractivity contribution in [2.75, 3.05) is 13.7 Å². The monoisotopic (exact) mass is 230 g/mol. The molecule has 0 heterocycles. The maximum atomic E-state index is 11.2. The van der Waals surface area contributed by atoms with E-state index in [-0.39, 0.29) is 12.0 Å². The summed E-state index contributed by atoms with van der Waals surface area (Å²) in [4.78, 5) is 11.2. The number of likely N-dealkylation sites (N-methyl/N-ethyl adjacent to an activating group) is 1. The van der Waals surface area contributed by atoms with Gasteiger partial charge in [-0.2, -0.15) is 0 Å². The third-order valence-electron chi connectivity index (χ3n) is 3.24. The molecule has 0 aliphatic heterocycles. The molecule has 4 heteroatoms. The molecule has 96 valence electrons.